The average molecular weight is 269 g/mol. The van der Waals surface area contributed by atoms with Crippen molar-refractivity contribution in [1.82, 2.24) is 15.1 Å². The number of methoxy groups -OCH3 is 1. The Labute approximate surface area is 118 Å². The Hall–Kier alpha value is -0.160. The number of hydrogen-bond donors (Lipinski definition) is 1. The molecule has 2 aliphatic heterocycles. The van der Waals surface area contributed by atoms with E-state index in [0.29, 0.717) is 0 Å². The molecule has 0 aliphatic carbocycles. The second kappa shape index (κ2) is 8.20. The van der Waals surface area contributed by atoms with Crippen LogP contribution < -0.4 is 5.32 Å². The van der Waals surface area contributed by atoms with Crippen LogP contribution in [-0.4, -0.2) is 75.4 Å². The molecule has 1 N–H and O–H groups in total. The van der Waals surface area contributed by atoms with Gasteiger partial charge in [-0.05, 0) is 38.3 Å². The van der Waals surface area contributed by atoms with Crippen molar-refractivity contribution in [3.63, 3.8) is 0 Å². The standard InChI is InChI=1S/C15H31N3O/c1-3-15-13-17(8-9-18(15)10-11-19-2)12-14-4-6-16-7-5-14/h14-16H,3-13H2,1-2H3. The van der Waals surface area contributed by atoms with Gasteiger partial charge in [-0.25, -0.2) is 0 Å². The Kier molecular flexibility index (Phi) is 6.57. The number of rotatable bonds is 6. The van der Waals surface area contributed by atoms with Crippen molar-refractivity contribution in [2.24, 2.45) is 5.92 Å². The highest BCUT2D eigenvalue weighted by molar-refractivity contribution is 4.83. The van der Waals surface area contributed by atoms with Crippen LogP contribution in [-0.2, 0) is 4.74 Å². The Balaban J connectivity index is 1.75. The highest BCUT2D eigenvalue weighted by Crippen LogP contribution is 2.18. The molecule has 1 unspecified atom stereocenters. The first-order valence-corrected chi connectivity index (χ1v) is 7.99. The van der Waals surface area contributed by atoms with Gasteiger partial charge >= 0.3 is 0 Å². The molecule has 4 heteroatoms. The SMILES string of the molecule is CCC1CN(CC2CCNCC2)CCN1CCOC. The second-order valence-electron chi connectivity index (χ2n) is 6.04. The van der Waals surface area contributed by atoms with Gasteiger partial charge in [-0.15, -0.1) is 0 Å². The zero-order valence-corrected chi connectivity index (χ0v) is 12.7. The van der Waals surface area contributed by atoms with Gasteiger partial charge in [0.2, 0.25) is 0 Å². The van der Waals surface area contributed by atoms with E-state index in [2.05, 4.69) is 22.0 Å². The van der Waals surface area contributed by atoms with E-state index in [1.165, 1.54) is 58.5 Å². The molecule has 0 spiro atoms. The first-order chi connectivity index (χ1) is 9.33. The molecule has 19 heavy (non-hydrogen) atoms. The van der Waals surface area contributed by atoms with Crippen molar-refractivity contribution in [2.45, 2.75) is 32.2 Å². The van der Waals surface area contributed by atoms with E-state index in [1.54, 1.807) is 7.11 Å². The highest BCUT2D eigenvalue weighted by atomic mass is 16.5. The highest BCUT2D eigenvalue weighted by Gasteiger charge is 2.27. The third-order valence-electron chi connectivity index (χ3n) is 4.72. The van der Waals surface area contributed by atoms with E-state index >= 15 is 0 Å². The first-order valence-electron chi connectivity index (χ1n) is 7.99. The number of piperazine rings is 1. The summed E-state index contributed by atoms with van der Waals surface area (Å²) in [6, 6.07) is 0.727. The van der Waals surface area contributed by atoms with Gasteiger partial charge in [-0.1, -0.05) is 6.92 Å². The number of nitrogens with one attached hydrogen (secondary N) is 1. The summed E-state index contributed by atoms with van der Waals surface area (Å²) in [7, 11) is 1.80. The number of hydrogen-bond acceptors (Lipinski definition) is 4. The summed E-state index contributed by atoms with van der Waals surface area (Å²) in [4.78, 5) is 5.32. The maximum Gasteiger partial charge on any atom is 0.0589 e. The molecule has 0 amide bonds. The van der Waals surface area contributed by atoms with Crippen LogP contribution in [0.1, 0.15) is 26.2 Å². The normalized spacial score (nSPS) is 27.8. The van der Waals surface area contributed by atoms with E-state index in [9.17, 15) is 0 Å². The van der Waals surface area contributed by atoms with Crippen LogP contribution in [0.2, 0.25) is 0 Å². The predicted molar refractivity (Wildman–Crippen MR) is 79.6 cm³/mol. The predicted octanol–water partition coefficient (Wildman–Crippen LogP) is 1.03. The van der Waals surface area contributed by atoms with Gasteiger partial charge in [0.05, 0.1) is 6.61 Å². The number of piperidine rings is 1. The smallest absolute Gasteiger partial charge is 0.0589 e. The van der Waals surface area contributed by atoms with E-state index in [4.69, 9.17) is 4.74 Å². The summed E-state index contributed by atoms with van der Waals surface area (Å²) < 4.78 is 5.22. The number of ether oxygens (including phenoxy) is 1. The van der Waals surface area contributed by atoms with E-state index in [0.717, 1.165) is 25.1 Å². The van der Waals surface area contributed by atoms with Crippen molar-refractivity contribution in [1.29, 1.82) is 0 Å². The molecule has 0 aromatic heterocycles. The van der Waals surface area contributed by atoms with Crippen molar-refractivity contribution >= 4 is 0 Å². The third kappa shape index (κ3) is 4.71. The van der Waals surface area contributed by atoms with Crippen LogP contribution in [0.5, 0.6) is 0 Å². The molecule has 0 saturated carbocycles. The van der Waals surface area contributed by atoms with Gasteiger partial charge in [0, 0.05) is 45.9 Å². The van der Waals surface area contributed by atoms with E-state index < -0.39 is 0 Å². The van der Waals surface area contributed by atoms with Crippen LogP contribution in [0.15, 0.2) is 0 Å². The summed E-state index contributed by atoms with van der Waals surface area (Å²) in [6.07, 6.45) is 3.98. The van der Waals surface area contributed by atoms with Gasteiger partial charge in [-0.2, -0.15) is 0 Å². The lowest BCUT2D eigenvalue weighted by atomic mass is 9.96. The molecule has 0 radical (unpaired) electrons. The maximum atomic E-state index is 5.22. The van der Waals surface area contributed by atoms with Crippen LogP contribution in [0.4, 0.5) is 0 Å². The first kappa shape index (κ1) is 15.2. The Morgan fingerprint density at radius 3 is 2.68 bits per heavy atom. The molecule has 2 rings (SSSR count). The minimum atomic E-state index is 0.727. The molecule has 2 heterocycles. The monoisotopic (exact) mass is 269 g/mol. The molecule has 0 aromatic carbocycles. The van der Waals surface area contributed by atoms with Crippen LogP contribution in [0.3, 0.4) is 0 Å². The minimum Gasteiger partial charge on any atom is -0.383 e. The topological polar surface area (TPSA) is 27.7 Å². The molecule has 2 aliphatic rings. The van der Waals surface area contributed by atoms with Crippen molar-refractivity contribution in [3.05, 3.63) is 0 Å². The third-order valence-corrected chi connectivity index (χ3v) is 4.72. The number of nitrogens with zero attached hydrogens (tertiary/aromatic N) is 2. The van der Waals surface area contributed by atoms with E-state index in [1.807, 2.05) is 0 Å². The molecule has 1 atom stereocenters. The molecule has 2 saturated heterocycles. The summed E-state index contributed by atoms with van der Waals surface area (Å²) in [5.74, 6) is 0.921. The van der Waals surface area contributed by atoms with Crippen LogP contribution in [0, 0.1) is 5.92 Å². The molecule has 0 aromatic rings. The fourth-order valence-electron chi connectivity index (χ4n) is 3.44. The molecule has 4 nitrogen and oxygen atoms in total. The molecule has 0 bridgehead atoms. The summed E-state index contributed by atoms with van der Waals surface area (Å²) >= 11 is 0. The fraction of sp³-hybridized carbons (Fsp3) is 1.00. The molecule has 2 fully saturated rings. The summed E-state index contributed by atoms with van der Waals surface area (Å²) in [6.45, 7) is 11.7. The largest absolute Gasteiger partial charge is 0.383 e. The van der Waals surface area contributed by atoms with Crippen molar-refractivity contribution in [2.75, 3.05) is 59.5 Å². The van der Waals surface area contributed by atoms with Crippen molar-refractivity contribution in [3.8, 4) is 0 Å². The average Bonchev–Trinajstić information content (AvgIpc) is 2.47. The molecule has 112 valence electrons. The Bertz CT molecular complexity index is 244. The maximum absolute atomic E-state index is 5.22. The van der Waals surface area contributed by atoms with Gasteiger partial charge in [0.15, 0.2) is 0 Å². The lowest BCUT2D eigenvalue weighted by Crippen LogP contribution is -2.54. The fourth-order valence-corrected chi connectivity index (χ4v) is 3.44. The lowest BCUT2D eigenvalue weighted by Gasteiger charge is -2.42. The Morgan fingerprint density at radius 1 is 1.21 bits per heavy atom. The lowest BCUT2D eigenvalue weighted by molar-refractivity contribution is 0.0408. The van der Waals surface area contributed by atoms with Gasteiger partial charge in [0.25, 0.3) is 0 Å². The summed E-state index contributed by atoms with van der Waals surface area (Å²) in [5.41, 5.74) is 0. The molecular weight excluding hydrogens is 238 g/mol. The van der Waals surface area contributed by atoms with Gasteiger partial charge in [0.1, 0.15) is 0 Å². The van der Waals surface area contributed by atoms with E-state index in [-0.39, 0.29) is 0 Å². The minimum absolute atomic E-state index is 0.727. The zero-order chi connectivity index (χ0) is 13.5. The summed E-state index contributed by atoms with van der Waals surface area (Å²) in [5, 5.41) is 3.46. The quantitative estimate of drug-likeness (QED) is 0.779. The van der Waals surface area contributed by atoms with Crippen LogP contribution in [0.25, 0.3) is 0 Å². The second-order valence-corrected chi connectivity index (χ2v) is 6.04. The van der Waals surface area contributed by atoms with Crippen molar-refractivity contribution < 1.29 is 4.74 Å². The van der Waals surface area contributed by atoms with Crippen LogP contribution >= 0.6 is 0 Å². The zero-order valence-electron chi connectivity index (χ0n) is 12.7. The molecular formula is C15H31N3O. The van der Waals surface area contributed by atoms with Gasteiger partial charge < -0.3 is 15.0 Å². The van der Waals surface area contributed by atoms with Gasteiger partial charge in [-0.3, -0.25) is 4.90 Å². The Morgan fingerprint density at radius 2 is 2.00 bits per heavy atom.